The van der Waals surface area contributed by atoms with E-state index in [1.807, 2.05) is 0 Å². The molecule has 3 rings (SSSR count). The topological polar surface area (TPSA) is 12.0 Å². The minimum absolute atomic E-state index is 0.820. The van der Waals surface area contributed by atoms with Gasteiger partial charge < -0.3 is 5.32 Å². The third-order valence-electron chi connectivity index (χ3n) is 3.59. The van der Waals surface area contributed by atoms with E-state index in [0.717, 1.165) is 12.6 Å². The van der Waals surface area contributed by atoms with Crippen LogP contribution in [0.3, 0.4) is 0 Å². The Hall–Kier alpha value is -0.820. The van der Waals surface area contributed by atoms with Crippen LogP contribution in [0.2, 0.25) is 0 Å². The lowest BCUT2D eigenvalue weighted by atomic mass is 9.90. The van der Waals surface area contributed by atoms with Gasteiger partial charge in [0, 0.05) is 12.6 Å². The molecule has 0 atom stereocenters. The van der Waals surface area contributed by atoms with Gasteiger partial charge in [-0.1, -0.05) is 18.2 Å². The molecule has 0 amide bonds. The molecule has 1 aromatic carbocycles. The molecule has 1 heteroatoms. The van der Waals surface area contributed by atoms with Gasteiger partial charge in [0.2, 0.25) is 0 Å². The van der Waals surface area contributed by atoms with Crippen LogP contribution in [-0.2, 0) is 19.4 Å². The summed E-state index contributed by atoms with van der Waals surface area (Å²) in [5, 5.41) is 3.58. The Kier molecular flexibility index (Phi) is 2.49. The summed E-state index contributed by atoms with van der Waals surface area (Å²) in [5.41, 5.74) is 4.68. The molecule has 2 aliphatic carbocycles. The van der Waals surface area contributed by atoms with E-state index in [4.69, 9.17) is 0 Å². The fourth-order valence-electron chi connectivity index (χ4n) is 2.45. The summed E-state index contributed by atoms with van der Waals surface area (Å²) in [6, 6.07) is 7.89. The van der Waals surface area contributed by atoms with Gasteiger partial charge in [0.25, 0.3) is 0 Å². The molecule has 0 radical (unpaired) electrons. The van der Waals surface area contributed by atoms with Crippen molar-refractivity contribution in [3.63, 3.8) is 0 Å². The van der Waals surface area contributed by atoms with E-state index in [9.17, 15) is 0 Å². The van der Waals surface area contributed by atoms with Gasteiger partial charge in [-0.3, -0.25) is 0 Å². The third-order valence-corrected chi connectivity index (χ3v) is 3.59. The van der Waals surface area contributed by atoms with Crippen LogP contribution < -0.4 is 5.32 Å². The number of nitrogens with one attached hydrogen (secondary N) is 1. The van der Waals surface area contributed by atoms with Gasteiger partial charge in [-0.05, 0) is 55.2 Å². The highest BCUT2D eigenvalue weighted by molar-refractivity contribution is 5.33. The fourth-order valence-corrected chi connectivity index (χ4v) is 2.45. The van der Waals surface area contributed by atoms with Gasteiger partial charge in [-0.15, -0.1) is 0 Å². The Labute approximate surface area is 91.9 Å². The second-order valence-corrected chi connectivity index (χ2v) is 4.97. The lowest BCUT2D eigenvalue weighted by Crippen LogP contribution is -2.15. The van der Waals surface area contributed by atoms with E-state index in [1.165, 1.54) is 44.1 Å². The van der Waals surface area contributed by atoms with Gasteiger partial charge in [0.05, 0.1) is 0 Å². The monoisotopic (exact) mass is 201 g/mol. The molecule has 0 spiro atoms. The Morgan fingerprint density at radius 1 is 1.07 bits per heavy atom. The maximum atomic E-state index is 3.58. The normalized spacial score (nSPS) is 20.0. The lowest BCUT2D eigenvalue weighted by molar-refractivity contribution is 0.670. The van der Waals surface area contributed by atoms with Crippen LogP contribution in [-0.4, -0.2) is 6.04 Å². The number of hydrogen-bond acceptors (Lipinski definition) is 1. The molecule has 0 heterocycles. The standard InChI is InChI=1S/C14H19N/c1-2-4-13-9-11(5-6-12(13)3-1)10-15-14-7-8-14/h5-6,9,14-15H,1-4,7-8,10H2. The van der Waals surface area contributed by atoms with E-state index in [0.29, 0.717) is 0 Å². The van der Waals surface area contributed by atoms with Crippen molar-refractivity contribution >= 4 is 0 Å². The van der Waals surface area contributed by atoms with E-state index < -0.39 is 0 Å². The van der Waals surface area contributed by atoms with Crippen LogP contribution in [0.4, 0.5) is 0 Å². The summed E-state index contributed by atoms with van der Waals surface area (Å²) >= 11 is 0. The molecule has 1 saturated carbocycles. The van der Waals surface area contributed by atoms with Gasteiger partial charge >= 0.3 is 0 Å². The zero-order valence-corrected chi connectivity index (χ0v) is 9.26. The maximum absolute atomic E-state index is 3.58. The van der Waals surface area contributed by atoms with Crippen LogP contribution in [0.1, 0.15) is 42.4 Å². The molecule has 80 valence electrons. The first-order chi connectivity index (χ1) is 7.42. The van der Waals surface area contributed by atoms with Crippen molar-refractivity contribution in [2.45, 2.75) is 51.1 Å². The molecule has 1 N–H and O–H groups in total. The number of hydrogen-bond donors (Lipinski definition) is 1. The molecule has 0 unspecified atom stereocenters. The minimum atomic E-state index is 0.820. The predicted octanol–water partition coefficient (Wildman–Crippen LogP) is 2.82. The van der Waals surface area contributed by atoms with Crippen LogP contribution >= 0.6 is 0 Å². The Balaban J connectivity index is 1.71. The molecular formula is C14H19N. The van der Waals surface area contributed by atoms with Crippen LogP contribution in [0.5, 0.6) is 0 Å². The van der Waals surface area contributed by atoms with E-state index in [-0.39, 0.29) is 0 Å². The molecule has 1 nitrogen and oxygen atoms in total. The highest BCUT2D eigenvalue weighted by Crippen LogP contribution is 2.23. The number of fused-ring (bicyclic) bond motifs is 1. The van der Waals surface area contributed by atoms with E-state index in [1.54, 1.807) is 11.1 Å². The Bertz CT molecular complexity index is 352. The molecular weight excluding hydrogens is 182 g/mol. The maximum Gasteiger partial charge on any atom is 0.0208 e. The molecule has 0 aromatic heterocycles. The first-order valence-electron chi connectivity index (χ1n) is 6.26. The summed E-state index contributed by atoms with van der Waals surface area (Å²) in [7, 11) is 0. The summed E-state index contributed by atoms with van der Waals surface area (Å²) in [6.07, 6.45) is 8.12. The first-order valence-corrected chi connectivity index (χ1v) is 6.26. The molecule has 1 aromatic rings. The van der Waals surface area contributed by atoms with Gasteiger partial charge in [0.1, 0.15) is 0 Å². The van der Waals surface area contributed by atoms with Crippen molar-refractivity contribution in [2.24, 2.45) is 0 Å². The van der Waals surface area contributed by atoms with Gasteiger partial charge in [-0.2, -0.15) is 0 Å². The smallest absolute Gasteiger partial charge is 0.0208 e. The average molecular weight is 201 g/mol. The van der Waals surface area contributed by atoms with Crippen molar-refractivity contribution in [3.05, 3.63) is 34.9 Å². The van der Waals surface area contributed by atoms with E-state index >= 15 is 0 Å². The largest absolute Gasteiger partial charge is 0.310 e. The highest BCUT2D eigenvalue weighted by atomic mass is 14.9. The van der Waals surface area contributed by atoms with Crippen LogP contribution in [0.25, 0.3) is 0 Å². The average Bonchev–Trinajstić information content (AvgIpc) is 3.10. The summed E-state index contributed by atoms with van der Waals surface area (Å²) in [5.74, 6) is 0. The Morgan fingerprint density at radius 2 is 1.87 bits per heavy atom. The van der Waals surface area contributed by atoms with Crippen molar-refractivity contribution < 1.29 is 0 Å². The zero-order valence-electron chi connectivity index (χ0n) is 9.26. The number of aryl methyl sites for hydroxylation is 2. The SMILES string of the molecule is c1cc2c(cc1CNC1CC1)CCCC2. The molecule has 1 fully saturated rings. The van der Waals surface area contributed by atoms with Crippen LogP contribution in [0.15, 0.2) is 18.2 Å². The van der Waals surface area contributed by atoms with Crippen molar-refractivity contribution in [1.29, 1.82) is 0 Å². The van der Waals surface area contributed by atoms with Crippen molar-refractivity contribution in [3.8, 4) is 0 Å². The summed E-state index contributed by atoms with van der Waals surface area (Å²) in [4.78, 5) is 0. The fraction of sp³-hybridized carbons (Fsp3) is 0.571. The summed E-state index contributed by atoms with van der Waals surface area (Å²) < 4.78 is 0. The van der Waals surface area contributed by atoms with Crippen molar-refractivity contribution in [2.75, 3.05) is 0 Å². The zero-order chi connectivity index (χ0) is 10.1. The molecule has 2 aliphatic rings. The van der Waals surface area contributed by atoms with Gasteiger partial charge in [-0.25, -0.2) is 0 Å². The second-order valence-electron chi connectivity index (χ2n) is 4.97. The molecule has 0 saturated heterocycles. The quantitative estimate of drug-likeness (QED) is 0.793. The Morgan fingerprint density at radius 3 is 2.67 bits per heavy atom. The molecule has 0 bridgehead atoms. The number of benzene rings is 1. The second kappa shape index (κ2) is 3.97. The minimum Gasteiger partial charge on any atom is -0.310 e. The predicted molar refractivity (Wildman–Crippen MR) is 62.9 cm³/mol. The van der Waals surface area contributed by atoms with Crippen molar-refractivity contribution in [1.82, 2.24) is 5.32 Å². The lowest BCUT2D eigenvalue weighted by Gasteiger charge is -2.16. The van der Waals surface area contributed by atoms with E-state index in [2.05, 4.69) is 23.5 Å². The third kappa shape index (κ3) is 2.23. The molecule has 15 heavy (non-hydrogen) atoms. The first kappa shape index (κ1) is 9.41. The highest BCUT2D eigenvalue weighted by Gasteiger charge is 2.20. The van der Waals surface area contributed by atoms with Gasteiger partial charge in [0.15, 0.2) is 0 Å². The van der Waals surface area contributed by atoms with Crippen LogP contribution in [0, 0.1) is 0 Å². The number of rotatable bonds is 3. The molecule has 0 aliphatic heterocycles. The summed E-state index contributed by atoms with van der Waals surface area (Å²) in [6.45, 7) is 1.07.